The molecule has 1 aromatic carbocycles. The summed E-state index contributed by atoms with van der Waals surface area (Å²) in [6.07, 6.45) is 5.34. The van der Waals surface area contributed by atoms with Gasteiger partial charge in [-0.25, -0.2) is 0 Å². The van der Waals surface area contributed by atoms with Crippen LogP contribution in [-0.4, -0.2) is 42.6 Å². The van der Waals surface area contributed by atoms with Crippen molar-refractivity contribution in [2.45, 2.75) is 58.5 Å². The Balaban J connectivity index is 1.57. The lowest BCUT2D eigenvalue weighted by atomic mass is 9.91. The lowest BCUT2D eigenvalue weighted by Gasteiger charge is -2.33. The highest BCUT2D eigenvalue weighted by molar-refractivity contribution is 5.81. The standard InChI is InChI=1S/C21H29NO4/c1-3-25-21(24)17-11-13-22(14-12-17)20(23)15(2)26-19-10-6-8-16-7-4-5-9-18(16)19/h6,8,10,15,17H,3-5,7,9,11-14H2,1-2H3/t15-/m1/s1. The maximum atomic E-state index is 12.8. The summed E-state index contributed by atoms with van der Waals surface area (Å²) >= 11 is 0. The minimum Gasteiger partial charge on any atom is -0.481 e. The van der Waals surface area contributed by atoms with E-state index in [0.717, 1.165) is 18.6 Å². The highest BCUT2D eigenvalue weighted by Gasteiger charge is 2.31. The molecule has 1 aliphatic carbocycles. The van der Waals surface area contributed by atoms with Gasteiger partial charge in [0.1, 0.15) is 5.75 Å². The van der Waals surface area contributed by atoms with E-state index in [1.54, 1.807) is 0 Å². The molecule has 1 heterocycles. The number of amides is 1. The van der Waals surface area contributed by atoms with Crippen LogP contribution in [0.25, 0.3) is 0 Å². The van der Waals surface area contributed by atoms with Gasteiger partial charge in [0.2, 0.25) is 0 Å². The van der Waals surface area contributed by atoms with Crippen molar-refractivity contribution < 1.29 is 19.1 Å². The van der Waals surface area contributed by atoms with Crippen LogP contribution in [0, 0.1) is 5.92 Å². The predicted molar refractivity (Wildman–Crippen MR) is 99.1 cm³/mol. The maximum absolute atomic E-state index is 12.8. The average Bonchev–Trinajstić information content (AvgIpc) is 2.68. The normalized spacial score (nSPS) is 18.8. The number of carbonyl (C=O) groups excluding carboxylic acids is 2. The summed E-state index contributed by atoms with van der Waals surface area (Å²) in [5, 5.41) is 0. The highest BCUT2D eigenvalue weighted by Crippen LogP contribution is 2.30. The van der Waals surface area contributed by atoms with Crippen LogP contribution in [0.15, 0.2) is 18.2 Å². The molecule has 1 saturated heterocycles. The van der Waals surface area contributed by atoms with Gasteiger partial charge in [0.05, 0.1) is 12.5 Å². The molecular formula is C21H29NO4. The molecule has 2 aliphatic rings. The molecule has 5 nitrogen and oxygen atoms in total. The zero-order chi connectivity index (χ0) is 18.5. The first-order valence-electron chi connectivity index (χ1n) is 9.83. The van der Waals surface area contributed by atoms with Gasteiger partial charge in [0, 0.05) is 13.1 Å². The lowest BCUT2D eigenvalue weighted by molar-refractivity contribution is -0.152. The fraction of sp³-hybridized carbons (Fsp3) is 0.619. The van der Waals surface area contributed by atoms with E-state index in [9.17, 15) is 9.59 Å². The number of nitrogens with zero attached hydrogens (tertiary/aromatic N) is 1. The van der Waals surface area contributed by atoms with E-state index >= 15 is 0 Å². The summed E-state index contributed by atoms with van der Waals surface area (Å²) in [6, 6.07) is 6.15. The molecule has 1 aromatic rings. The van der Waals surface area contributed by atoms with Crippen LogP contribution < -0.4 is 4.74 Å². The maximum Gasteiger partial charge on any atom is 0.309 e. The molecule has 1 fully saturated rings. The van der Waals surface area contributed by atoms with Crippen LogP contribution in [0.5, 0.6) is 5.75 Å². The Hall–Kier alpha value is -2.04. The Kier molecular flexibility index (Phi) is 6.17. The Morgan fingerprint density at radius 3 is 2.65 bits per heavy atom. The molecule has 5 heteroatoms. The first-order chi connectivity index (χ1) is 12.6. The molecule has 0 N–H and O–H groups in total. The Bertz CT molecular complexity index is 649. The zero-order valence-corrected chi connectivity index (χ0v) is 15.8. The SMILES string of the molecule is CCOC(=O)C1CCN(C(=O)[C@@H](C)Oc2cccc3c2CCCC3)CC1. The van der Waals surface area contributed by atoms with E-state index in [-0.39, 0.29) is 17.8 Å². The topological polar surface area (TPSA) is 55.8 Å². The van der Waals surface area contributed by atoms with Crippen LogP contribution in [0.2, 0.25) is 0 Å². The first kappa shape index (κ1) is 18.7. The molecule has 0 radical (unpaired) electrons. The van der Waals surface area contributed by atoms with Crippen molar-refractivity contribution in [1.82, 2.24) is 4.90 Å². The van der Waals surface area contributed by atoms with Crippen molar-refractivity contribution in [2.24, 2.45) is 5.92 Å². The number of hydrogen-bond donors (Lipinski definition) is 0. The lowest BCUT2D eigenvalue weighted by Crippen LogP contribution is -2.46. The van der Waals surface area contributed by atoms with Crippen LogP contribution in [0.4, 0.5) is 0 Å². The smallest absolute Gasteiger partial charge is 0.309 e. The van der Waals surface area contributed by atoms with E-state index in [2.05, 4.69) is 6.07 Å². The molecule has 1 amide bonds. The third-order valence-electron chi connectivity index (χ3n) is 5.43. The van der Waals surface area contributed by atoms with Gasteiger partial charge in [-0.2, -0.15) is 0 Å². The number of likely N-dealkylation sites (tertiary alicyclic amines) is 1. The van der Waals surface area contributed by atoms with Crippen molar-refractivity contribution in [1.29, 1.82) is 0 Å². The second-order valence-corrected chi connectivity index (χ2v) is 7.21. The number of ether oxygens (including phenoxy) is 2. The molecule has 142 valence electrons. The molecule has 0 unspecified atom stereocenters. The number of benzene rings is 1. The van der Waals surface area contributed by atoms with Gasteiger partial charge in [-0.1, -0.05) is 12.1 Å². The molecule has 1 atom stereocenters. The number of fused-ring (bicyclic) bond motifs is 1. The fourth-order valence-electron chi connectivity index (χ4n) is 3.95. The third kappa shape index (κ3) is 4.19. The molecule has 0 bridgehead atoms. The Morgan fingerprint density at radius 1 is 1.19 bits per heavy atom. The minimum atomic E-state index is -0.512. The van der Waals surface area contributed by atoms with E-state index in [0.29, 0.717) is 32.5 Å². The molecule has 3 rings (SSSR count). The summed E-state index contributed by atoms with van der Waals surface area (Å²) in [5.74, 6) is 0.626. The summed E-state index contributed by atoms with van der Waals surface area (Å²) in [6.45, 7) is 5.22. The second-order valence-electron chi connectivity index (χ2n) is 7.21. The van der Waals surface area contributed by atoms with Crippen LogP contribution in [0.3, 0.4) is 0 Å². The zero-order valence-electron chi connectivity index (χ0n) is 15.8. The predicted octanol–water partition coefficient (Wildman–Crippen LogP) is 3.13. The molecular weight excluding hydrogens is 330 g/mol. The Labute approximate surface area is 155 Å². The quantitative estimate of drug-likeness (QED) is 0.758. The number of hydrogen-bond acceptors (Lipinski definition) is 4. The highest BCUT2D eigenvalue weighted by atomic mass is 16.5. The average molecular weight is 359 g/mol. The van der Waals surface area contributed by atoms with Crippen molar-refractivity contribution in [3.63, 3.8) is 0 Å². The molecule has 0 saturated carbocycles. The monoisotopic (exact) mass is 359 g/mol. The van der Waals surface area contributed by atoms with Gasteiger partial charge in [-0.05, 0) is 69.6 Å². The van der Waals surface area contributed by atoms with Crippen molar-refractivity contribution in [2.75, 3.05) is 19.7 Å². The second kappa shape index (κ2) is 8.56. The van der Waals surface area contributed by atoms with E-state index in [4.69, 9.17) is 9.47 Å². The number of esters is 1. The number of carbonyl (C=O) groups is 2. The van der Waals surface area contributed by atoms with Gasteiger partial charge in [0.15, 0.2) is 6.10 Å². The molecule has 26 heavy (non-hydrogen) atoms. The van der Waals surface area contributed by atoms with E-state index < -0.39 is 6.10 Å². The number of rotatable bonds is 5. The van der Waals surface area contributed by atoms with Crippen molar-refractivity contribution >= 4 is 11.9 Å². The van der Waals surface area contributed by atoms with Crippen LogP contribution >= 0.6 is 0 Å². The number of aryl methyl sites for hydroxylation is 1. The Morgan fingerprint density at radius 2 is 1.92 bits per heavy atom. The molecule has 0 spiro atoms. The van der Waals surface area contributed by atoms with Gasteiger partial charge < -0.3 is 14.4 Å². The van der Waals surface area contributed by atoms with Gasteiger partial charge >= 0.3 is 5.97 Å². The number of piperidine rings is 1. The van der Waals surface area contributed by atoms with Crippen molar-refractivity contribution in [3.05, 3.63) is 29.3 Å². The van der Waals surface area contributed by atoms with Crippen LogP contribution in [-0.2, 0) is 27.2 Å². The summed E-state index contributed by atoms with van der Waals surface area (Å²) in [7, 11) is 0. The first-order valence-corrected chi connectivity index (χ1v) is 9.83. The largest absolute Gasteiger partial charge is 0.481 e. The van der Waals surface area contributed by atoms with E-state index in [1.807, 2.05) is 30.9 Å². The summed E-state index contributed by atoms with van der Waals surface area (Å²) < 4.78 is 11.1. The van der Waals surface area contributed by atoms with Gasteiger partial charge in [-0.15, -0.1) is 0 Å². The third-order valence-corrected chi connectivity index (χ3v) is 5.43. The molecule has 1 aliphatic heterocycles. The summed E-state index contributed by atoms with van der Waals surface area (Å²) in [4.78, 5) is 26.4. The molecule has 0 aromatic heterocycles. The van der Waals surface area contributed by atoms with Crippen molar-refractivity contribution in [3.8, 4) is 5.75 Å². The van der Waals surface area contributed by atoms with E-state index in [1.165, 1.54) is 24.0 Å². The fourth-order valence-corrected chi connectivity index (χ4v) is 3.95. The van der Waals surface area contributed by atoms with Gasteiger partial charge in [0.25, 0.3) is 5.91 Å². The van der Waals surface area contributed by atoms with Crippen LogP contribution in [0.1, 0.15) is 50.7 Å². The van der Waals surface area contributed by atoms with Gasteiger partial charge in [-0.3, -0.25) is 9.59 Å². The summed E-state index contributed by atoms with van der Waals surface area (Å²) in [5.41, 5.74) is 2.61. The minimum absolute atomic E-state index is 0.000668.